The van der Waals surface area contributed by atoms with E-state index in [4.69, 9.17) is 0 Å². The molecule has 0 unspecified atom stereocenters. The predicted molar refractivity (Wildman–Crippen MR) is 74.0 cm³/mol. The minimum absolute atomic E-state index is 0.0251. The van der Waals surface area contributed by atoms with Gasteiger partial charge >= 0.3 is 6.03 Å². The summed E-state index contributed by atoms with van der Waals surface area (Å²) in [5, 5.41) is 2.92. The molecule has 2 heterocycles. The van der Waals surface area contributed by atoms with E-state index in [-0.39, 0.29) is 6.03 Å². The first-order valence-corrected chi connectivity index (χ1v) is 6.60. The second kappa shape index (κ2) is 5.22. The number of urea groups is 1. The molecule has 2 amide bonds. The number of nitrogens with one attached hydrogen (secondary N) is 1. The molecule has 19 heavy (non-hydrogen) atoms. The van der Waals surface area contributed by atoms with Crippen molar-refractivity contribution >= 4 is 22.8 Å². The molecule has 1 saturated heterocycles. The molecule has 1 aliphatic heterocycles. The largest absolute Gasteiger partial charge is 0.325 e. The Balaban J connectivity index is 1.75. The van der Waals surface area contributed by atoms with Gasteiger partial charge in [-0.1, -0.05) is 0 Å². The second-order valence-corrected chi connectivity index (χ2v) is 4.74. The molecule has 0 aliphatic carbocycles. The number of likely N-dealkylation sites (tertiary alicyclic amines) is 1. The standard InChI is InChI=1S/C14H16N4O/c19-14(18-8-2-1-3-9-18)17-11-4-5-12-13(10-11)16-7-6-15-12/h4-7,10H,1-3,8-9H2,(H,17,19). The highest BCUT2D eigenvalue weighted by atomic mass is 16.2. The molecule has 0 spiro atoms. The van der Waals surface area contributed by atoms with Crippen molar-refractivity contribution in [3.63, 3.8) is 0 Å². The third-order valence-corrected chi connectivity index (χ3v) is 3.36. The van der Waals surface area contributed by atoms with E-state index in [0.29, 0.717) is 0 Å². The molecular weight excluding hydrogens is 240 g/mol. The van der Waals surface area contributed by atoms with Gasteiger partial charge in [0.1, 0.15) is 0 Å². The Morgan fingerprint density at radius 3 is 2.58 bits per heavy atom. The zero-order chi connectivity index (χ0) is 13.1. The number of hydrogen-bond acceptors (Lipinski definition) is 3. The summed E-state index contributed by atoms with van der Waals surface area (Å²) in [7, 11) is 0. The second-order valence-electron chi connectivity index (χ2n) is 4.74. The average molecular weight is 256 g/mol. The summed E-state index contributed by atoms with van der Waals surface area (Å²) < 4.78 is 0. The van der Waals surface area contributed by atoms with Gasteiger partial charge in [-0.05, 0) is 37.5 Å². The van der Waals surface area contributed by atoms with Crippen LogP contribution in [-0.4, -0.2) is 34.0 Å². The van der Waals surface area contributed by atoms with E-state index in [9.17, 15) is 4.79 Å². The van der Waals surface area contributed by atoms with Gasteiger partial charge in [-0.2, -0.15) is 0 Å². The fraction of sp³-hybridized carbons (Fsp3) is 0.357. The molecule has 1 fully saturated rings. The Labute approximate surface area is 111 Å². The number of amides is 2. The number of rotatable bonds is 1. The van der Waals surface area contributed by atoms with Gasteiger partial charge in [-0.25, -0.2) is 4.79 Å². The van der Waals surface area contributed by atoms with Crippen molar-refractivity contribution in [2.45, 2.75) is 19.3 Å². The lowest BCUT2D eigenvalue weighted by molar-refractivity contribution is 0.200. The highest BCUT2D eigenvalue weighted by molar-refractivity contribution is 5.91. The van der Waals surface area contributed by atoms with E-state index in [0.717, 1.165) is 42.7 Å². The van der Waals surface area contributed by atoms with Crippen LogP contribution in [0.1, 0.15) is 19.3 Å². The highest BCUT2D eigenvalue weighted by Gasteiger charge is 2.16. The normalized spacial score (nSPS) is 15.5. The minimum atomic E-state index is -0.0251. The summed E-state index contributed by atoms with van der Waals surface area (Å²) in [6.07, 6.45) is 6.72. The van der Waals surface area contributed by atoms with E-state index >= 15 is 0 Å². The molecule has 0 bridgehead atoms. The fourth-order valence-corrected chi connectivity index (χ4v) is 2.34. The molecule has 1 aromatic heterocycles. The average Bonchev–Trinajstić information content (AvgIpc) is 2.48. The van der Waals surface area contributed by atoms with E-state index in [1.54, 1.807) is 12.4 Å². The molecule has 1 aliphatic rings. The van der Waals surface area contributed by atoms with Crippen molar-refractivity contribution in [1.82, 2.24) is 14.9 Å². The molecule has 0 atom stereocenters. The summed E-state index contributed by atoms with van der Waals surface area (Å²) in [5.41, 5.74) is 2.39. The lowest BCUT2D eigenvalue weighted by Gasteiger charge is -2.26. The number of piperidine rings is 1. The monoisotopic (exact) mass is 256 g/mol. The van der Waals surface area contributed by atoms with Gasteiger partial charge in [-0.15, -0.1) is 0 Å². The molecule has 3 rings (SSSR count). The fourth-order valence-electron chi connectivity index (χ4n) is 2.34. The van der Waals surface area contributed by atoms with Gasteiger partial charge in [-0.3, -0.25) is 9.97 Å². The maximum atomic E-state index is 12.1. The number of fused-ring (bicyclic) bond motifs is 1. The Hall–Kier alpha value is -2.17. The van der Waals surface area contributed by atoms with E-state index < -0.39 is 0 Å². The van der Waals surface area contributed by atoms with Crippen molar-refractivity contribution in [2.75, 3.05) is 18.4 Å². The first-order chi connectivity index (χ1) is 9.33. The molecule has 0 saturated carbocycles. The number of anilines is 1. The van der Waals surface area contributed by atoms with Crippen LogP contribution in [0, 0.1) is 0 Å². The van der Waals surface area contributed by atoms with Gasteiger partial charge < -0.3 is 10.2 Å². The van der Waals surface area contributed by atoms with Crippen LogP contribution in [0.25, 0.3) is 11.0 Å². The minimum Gasteiger partial charge on any atom is -0.325 e. The molecule has 5 heteroatoms. The van der Waals surface area contributed by atoms with Crippen molar-refractivity contribution in [3.8, 4) is 0 Å². The van der Waals surface area contributed by atoms with Gasteiger partial charge in [0.2, 0.25) is 0 Å². The van der Waals surface area contributed by atoms with Crippen molar-refractivity contribution in [2.24, 2.45) is 0 Å². The van der Waals surface area contributed by atoms with E-state index in [1.165, 1.54) is 6.42 Å². The first-order valence-electron chi connectivity index (χ1n) is 6.60. The summed E-state index contributed by atoms with van der Waals surface area (Å²) in [4.78, 5) is 22.4. The third-order valence-electron chi connectivity index (χ3n) is 3.36. The Morgan fingerprint density at radius 2 is 1.79 bits per heavy atom. The Morgan fingerprint density at radius 1 is 1.05 bits per heavy atom. The van der Waals surface area contributed by atoms with Crippen molar-refractivity contribution in [1.29, 1.82) is 0 Å². The van der Waals surface area contributed by atoms with Crippen LogP contribution in [0.3, 0.4) is 0 Å². The SMILES string of the molecule is O=C(Nc1ccc2nccnc2c1)N1CCCCC1. The quantitative estimate of drug-likeness (QED) is 0.853. The maximum absolute atomic E-state index is 12.1. The number of benzene rings is 1. The van der Waals surface area contributed by atoms with Crippen LogP contribution in [0.4, 0.5) is 10.5 Å². The summed E-state index contributed by atoms with van der Waals surface area (Å²) in [6.45, 7) is 1.69. The van der Waals surface area contributed by atoms with Gasteiger partial charge in [0.25, 0.3) is 0 Å². The van der Waals surface area contributed by atoms with Crippen LogP contribution in [0.2, 0.25) is 0 Å². The summed E-state index contributed by atoms with van der Waals surface area (Å²) in [5.74, 6) is 0. The van der Waals surface area contributed by atoms with Gasteiger partial charge in [0.05, 0.1) is 11.0 Å². The number of aromatic nitrogens is 2. The number of hydrogen-bond donors (Lipinski definition) is 1. The molecule has 98 valence electrons. The van der Waals surface area contributed by atoms with Crippen LogP contribution in [0.15, 0.2) is 30.6 Å². The number of carbonyl (C=O) groups excluding carboxylic acids is 1. The molecule has 1 aromatic carbocycles. The van der Waals surface area contributed by atoms with Crippen molar-refractivity contribution < 1.29 is 4.79 Å². The lowest BCUT2D eigenvalue weighted by Crippen LogP contribution is -2.38. The molecular formula is C14H16N4O. The highest BCUT2D eigenvalue weighted by Crippen LogP contribution is 2.16. The zero-order valence-electron chi connectivity index (χ0n) is 10.7. The smallest absolute Gasteiger partial charge is 0.321 e. The lowest BCUT2D eigenvalue weighted by atomic mass is 10.1. The van der Waals surface area contributed by atoms with Crippen LogP contribution in [0.5, 0.6) is 0 Å². The molecule has 2 aromatic rings. The number of nitrogens with zero attached hydrogens (tertiary/aromatic N) is 3. The Kier molecular flexibility index (Phi) is 3.27. The van der Waals surface area contributed by atoms with Gasteiger partial charge in [0.15, 0.2) is 0 Å². The van der Waals surface area contributed by atoms with E-state index in [2.05, 4.69) is 15.3 Å². The molecule has 0 radical (unpaired) electrons. The third kappa shape index (κ3) is 2.65. The van der Waals surface area contributed by atoms with Crippen LogP contribution in [-0.2, 0) is 0 Å². The molecule has 1 N–H and O–H groups in total. The Bertz CT molecular complexity index is 593. The maximum Gasteiger partial charge on any atom is 0.321 e. The van der Waals surface area contributed by atoms with E-state index in [1.807, 2.05) is 23.1 Å². The van der Waals surface area contributed by atoms with Crippen LogP contribution >= 0.6 is 0 Å². The number of carbonyl (C=O) groups is 1. The van der Waals surface area contributed by atoms with Crippen LogP contribution < -0.4 is 5.32 Å². The topological polar surface area (TPSA) is 58.1 Å². The molecule has 5 nitrogen and oxygen atoms in total. The zero-order valence-corrected chi connectivity index (χ0v) is 10.7. The van der Waals surface area contributed by atoms with Gasteiger partial charge in [0, 0.05) is 31.2 Å². The van der Waals surface area contributed by atoms with Crippen molar-refractivity contribution in [3.05, 3.63) is 30.6 Å². The first kappa shape index (κ1) is 11.9. The predicted octanol–water partition coefficient (Wildman–Crippen LogP) is 2.65. The summed E-state index contributed by atoms with van der Waals surface area (Å²) >= 11 is 0. The summed E-state index contributed by atoms with van der Waals surface area (Å²) in [6, 6.07) is 5.56.